The molecule has 0 N–H and O–H groups in total. The number of ketones is 1. The van der Waals surface area contributed by atoms with Crippen molar-refractivity contribution >= 4 is 17.8 Å². The number of halogens is 1. The summed E-state index contributed by atoms with van der Waals surface area (Å²) in [7, 11) is 0. The molecule has 2 rings (SSSR count). The molecule has 0 aromatic heterocycles. The molecule has 0 saturated carbocycles. The first-order chi connectivity index (χ1) is 11.5. The molecule has 1 aromatic rings. The lowest BCUT2D eigenvalue weighted by Gasteiger charge is -2.19. The van der Waals surface area contributed by atoms with Crippen molar-refractivity contribution < 1.29 is 28.2 Å². The molecule has 1 fully saturated rings. The summed E-state index contributed by atoms with van der Waals surface area (Å²) in [5.41, 5.74) is -1.95. The Labute approximate surface area is 139 Å². The average molecular weight is 336 g/mol. The van der Waals surface area contributed by atoms with Crippen LogP contribution in [-0.4, -0.2) is 48.1 Å². The molecule has 6 nitrogen and oxygen atoms in total. The fourth-order valence-corrected chi connectivity index (χ4v) is 2.29. The van der Waals surface area contributed by atoms with Crippen LogP contribution in [0.5, 0.6) is 0 Å². The Morgan fingerprint density at radius 3 is 2.67 bits per heavy atom. The number of hydrogen-bond donors (Lipinski definition) is 0. The van der Waals surface area contributed by atoms with Gasteiger partial charge in [-0.1, -0.05) is 30.3 Å². The highest BCUT2D eigenvalue weighted by atomic mass is 19.1. The van der Waals surface area contributed by atoms with E-state index >= 15 is 0 Å². The van der Waals surface area contributed by atoms with Gasteiger partial charge in [0.2, 0.25) is 5.78 Å². The third kappa shape index (κ3) is 4.04. The first-order valence-corrected chi connectivity index (χ1v) is 7.64. The zero-order valence-corrected chi connectivity index (χ0v) is 13.4. The van der Waals surface area contributed by atoms with Crippen molar-refractivity contribution in [3.63, 3.8) is 0 Å². The maximum Gasteiger partial charge on any atom is 0.413 e. The van der Waals surface area contributed by atoms with Crippen molar-refractivity contribution in [2.75, 3.05) is 19.7 Å². The second kappa shape index (κ2) is 7.81. The molecule has 0 aliphatic carbocycles. The first kappa shape index (κ1) is 17.8. The van der Waals surface area contributed by atoms with Crippen LogP contribution in [0.1, 0.15) is 18.9 Å². The number of hydrogen-bond acceptors (Lipinski definition) is 5. The third-order valence-electron chi connectivity index (χ3n) is 3.61. The van der Waals surface area contributed by atoms with E-state index in [9.17, 15) is 18.8 Å². The number of benzene rings is 1. The summed E-state index contributed by atoms with van der Waals surface area (Å²) in [5.74, 6) is -2.22. The predicted octanol–water partition coefficient (Wildman–Crippen LogP) is 2.07. The van der Waals surface area contributed by atoms with Crippen LogP contribution in [0.25, 0.3) is 0 Å². The van der Waals surface area contributed by atoms with E-state index in [2.05, 4.69) is 4.74 Å². The van der Waals surface area contributed by atoms with Crippen LogP contribution < -0.4 is 0 Å². The van der Waals surface area contributed by atoms with Crippen LogP contribution in [0, 0.1) is 6.42 Å². The van der Waals surface area contributed by atoms with Crippen molar-refractivity contribution in [3.8, 4) is 0 Å². The molecular formula is C17H19FNO5+. The van der Waals surface area contributed by atoms with Crippen LogP contribution >= 0.6 is 0 Å². The fourth-order valence-electron chi connectivity index (χ4n) is 2.29. The molecule has 0 radical (unpaired) electrons. The number of alkyl halides is 1. The monoisotopic (exact) mass is 336 g/mol. The number of carbonyl (C=O) groups is 3. The summed E-state index contributed by atoms with van der Waals surface area (Å²) in [5, 5.41) is 0. The molecule has 0 bridgehead atoms. The highest BCUT2D eigenvalue weighted by Crippen LogP contribution is 2.25. The Morgan fingerprint density at radius 2 is 2.00 bits per heavy atom. The van der Waals surface area contributed by atoms with Gasteiger partial charge in [-0.2, -0.15) is 0 Å². The maximum atomic E-state index is 14.7. The number of esters is 1. The van der Waals surface area contributed by atoms with Crippen molar-refractivity contribution in [1.29, 1.82) is 0 Å². The molecule has 1 heterocycles. The Morgan fingerprint density at radius 1 is 1.29 bits per heavy atom. The summed E-state index contributed by atoms with van der Waals surface area (Å²) in [4.78, 5) is 36.9. The van der Waals surface area contributed by atoms with Gasteiger partial charge in [0, 0.05) is 0 Å². The second-order valence-electron chi connectivity index (χ2n) is 5.36. The van der Waals surface area contributed by atoms with Crippen LogP contribution in [0.4, 0.5) is 9.18 Å². The number of Topliss-reactive ketones (excluding diaryl/α,β-unsaturated/α-hetero) is 1. The standard InChI is InChI=1S/C17H19FNO5/c1-2-23-15(21)17(18)9-6-10-19(11-14(17)20)16(22)24-12-13-7-4-3-5-8-13/h3-8H,2,9-12H2,1H3/q+1. The number of carbonyl (C=O) groups excluding carboxylic acids is 3. The summed E-state index contributed by atoms with van der Waals surface area (Å²) < 4.78 is 24.4. The van der Waals surface area contributed by atoms with Crippen molar-refractivity contribution in [1.82, 2.24) is 4.90 Å². The van der Waals surface area contributed by atoms with E-state index in [1.807, 2.05) is 18.2 Å². The highest BCUT2D eigenvalue weighted by molar-refractivity contribution is 6.09. The number of rotatable bonds is 4. The fraction of sp³-hybridized carbons (Fsp3) is 0.412. The minimum absolute atomic E-state index is 0.0183. The summed E-state index contributed by atoms with van der Waals surface area (Å²) in [6, 6.07) is 9.04. The maximum absolute atomic E-state index is 14.7. The minimum Gasteiger partial charge on any atom is -0.463 e. The molecule has 1 aliphatic rings. The van der Waals surface area contributed by atoms with Crippen LogP contribution in [0.2, 0.25) is 0 Å². The van der Waals surface area contributed by atoms with E-state index in [1.54, 1.807) is 12.1 Å². The zero-order chi connectivity index (χ0) is 17.6. The Bertz CT molecular complexity index is 606. The van der Waals surface area contributed by atoms with E-state index in [0.29, 0.717) is 0 Å². The smallest absolute Gasteiger partial charge is 0.413 e. The number of nitrogens with zero attached hydrogens (tertiary/aromatic N) is 1. The van der Waals surface area contributed by atoms with Gasteiger partial charge in [0.05, 0.1) is 13.2 Å². The van der Waals surface area contributed by atoms with E-state index in [-0.39, 0.29) is 19.8 Å². The lowest BCUT2D eigenvalue weighted by molar-refractivity contribution is -0.162. The minimum atomic E-state index is -2.75. The normalized spacial score (nSPS) is 20.8. The van der Waals surface area contributed by atoms with Crippen LogP contribution in [0.15, 0.2) is 30.3 Å². The average Bonchev–Trinajstić information content (AvgIpc) is 2.74. The van der Waals surface area contributed by atoms with Gasteiger partial charge in [0.15, 0.2) is 6.54 Å². The molecule has 128 valence electrons. The Balaban J connectivity index is 1.97. The Kier molecular flexibility index (Phi) is 5.78. The summed E-state index contributed by atoms with van der Waals surface area (Å²) in [6.07, 6.45) is 0.204. The lowest BCUT2D eigenvalue weighted by atomic mass is 9.96. The molecule has 1 atom stereocenters. The van der Waals surface area contributed by atoms with Gasteiger partial charge in [0.1, 0.15) is 19.4 Å². The molecular weight excluding hydrogens is 317 g/mol. The summed E-state index contributed by atoms with van der Waals surface area (Å²) >= 11 is 0. The topological polar surface area (TPSA) is 72.9 Å². The second-order valence-corrected chi connectivity index (χ2v) is 5.36. The molecule has 1 aliphatic heterocycles. The quantitative estimate of drug-likeness (QED) is 0.478. The largest absolute Gasteiger partial charge is 0.463 e. The van der Waals surface area contributed by atoms with Gasteiger partial charge >= 0.3 is 17.7 Å². The molecule has 7 heteroatoms. The lowest BCUT2D eigenvalue weighted by Crippen LogP contribution is -2.47. The number of likely N-dealkylation sites (tertiary alicyclic amines) is 1. The SMILES string of the molecule is CCOC(=O)C1(F)C[CH+]CN(C(=O)OCc2ccccc2)CC1=O. The predicted molar refractivity (Wildman–Crippen MR) is 82.6 cm³/mol. The van der Waals surface area contributed by atoms with Gasteiger partial charge < -0.3 is 9.47 Å². The van der Waals surface area contributed by atoms with Gasteiger partial charge in [-0.15, -0.1) is 0 Å². The number of ether oxygens (including phenoxy) is 2. The first-order valence-electron chi connectivity index (χ1n) is 7.64. The molecule has 1 unspecified atom stereocenters. The Hall–Kier alpha value is -2.57. The molecule has 1 aromatic carbocycles. The van der Waals surface area contributed by atoms with E-state index in [0.717, 1.165) is 10.5 Å². The van der Waals surface area contributed by atoms with Gasteiger partial charge in [0.25, 0.3) is 0 Å². The zero-order valence-electron chi connectivity index (χ0n) is 13.4. The van der Waals surface area contributed by atoms with E-state index in [4.69, 9.17) is 4.74 Å². The van der Waals surface area contributed by atoms with Crippen molar-refractivity contribution in [3.05, 3.63) is 42.3 Å². The van der Waals surface area contributed by atoms with Crippen LogP contribution in [-0.2, 0) is 25.7 Å². The molecule has 0 spiro atoms. The number of amides is 1. The van der Waals surface area contributed by atoms with E-state index < -0.39 is 36.5 Å². The van der Waals surface area contributed by atoms with Gasteiger partial charge in [-0.3, -0.25) is 9.69 Å². The van der Waals surface area contributed by atoms with Crippen molar-refractivity contribution in [2.24, 2.45) is 0 Å². The van der Waals surface area contributed by atoms with E-state index in [1.165, 1.54) is 13.3 Å². The molecule has 24 heavy (non-hydrogen) atoms. The highest BCUT2D eigenvalue weighted by Gasteiger charge is 2.53. The third-order valence-corrected chi connectivity index (χ3v) is 3.61. The molecule has 1 saturated heterocycles. The van der Waals surface area contributed by atoms with Gasteiger partial charge in [-0.05, 0) is 12.5 Å². The van der Waals surface area contributed by atoms with Crippen molar-refractivity contribution in [2.45, 2.75) is 25.6 Å². The van der Waals surface area contributed by atoms with Gasteiger partial charge in [-0.25, -0.2) is 14.0 Å². The van der Waals surface area contributed by atoms with Crippen LogP contribution in [0.3, 0.4) is 0 Å². The summed E-state index contributed by atoms with van der Waals surface area (Å²) in [6.45, 7) is 1.02. The molecule has 1 amide bonds.